The van der Waals surface area contributed by atoms with Gasteiger partial charge in [0, 0.05) is 103 Å². The molecule has 20 rings (SSSR count). The summed E-state index contributed by atoms with van der Waals surface area (Å²) >= 11 is 0. The highest BCUT2D eigenvalue weighted by Gasteiger charge is 2.20. The fourth-order valence-corrected chi connectivity index (χ4v) is 15.9. The van der Waals surface area contributed by atoms with Crippen molar-refractivity contribution in [2.45, 2.75) is 0 Å². The highest BCUT2D eigenvalue weighted by Crippen LogP contribution is 2.42. The monoisotopic (exact) mass is 1250 g/mol. The zero-order valence-electron chi connectivity index (χ0n) is 53.9. The van der Waals surface area contributed by atoms with Crippen LogP contribution >= 0.6 is 0 Å². The minimum atomic E-state index is 0.706. The molecule has 8 nitrogen and oxygen atoms in total. The van der Waals surface area contributed by atoms with Gasteiger partial charge in [0.2, 0.25) is 0 Å². The lowest BCUT2D eigenvalue weighted by atomic mass is 9.92. The lowest BCUT2D eigenvalue weighted by molar-refractivity contribution is 1.01. The van der Waals surface area contributed by atoms with E-state index in [4.69, 9.17) is 0 Å². The van der Waals surface area contributed by atoms with Crippen molar-refractivity contribution in [1.29, 1.82) is 15.8 Å². The molecule has 0 aliphatic rings. The Morgan fingerprint density at radius 1 is 0.204 bits per heavy atom. The molecule has 0 aliphatic heterocycles. The number of rotatable bonds is 4. The van der Waals surface area contributed by atoms with Crippen LogP contribution in [-0.4, -0.2) is 22.8 Å². The molecule has 0 unspecified atom stereocenters. The number of hydrogen-bond acceptors (Lipinski definition) is 3. The number of para-hydroxylation sites is 7. The Bertz CT molecular complexity index is 6800. The molecule has 0 radical (unpaired) electrons. The Morgan fingerprint density at radius 3 is 0.918 bits per heavy atom. The maximum atomic E-state index is 9.62. The van der Waals surface area contributed by atoms with Gasteiger partial charge >= 0.3 is 0 Å². The van der Waals surface area contributed by atoms with Gasteiger partial charge in [-0.05, 0) is 164 Å². The lowest BCUT2D eigenvalue weighted by Gasteiger charge is -2.12. The first-order valence-electron chi connectivity index (χ1n) is 32.9. The molecule has 0 atom stereocenters. The average molecular weight is 1250 g/mol. The molecule has 0 saturated carbocycles. The Labute approximate surface area is 563 Å². The van der Waals surface area contributed by atoms with Crippen molar-refractivity contribution in [3.05, 3.63) is 314 Å². The summed E-state index contributed by atoms with van der Waals surface area (Å²) in [6.07, 6.45) is 0. The molecule has 0 amide bonds. The van der Waals surface area contributed by atoms with Crippen molar-refractivity contribution < 1.29 is 0 Å². The van der Waals surface area contributed by atoms with Crippen LogP contribution in [0.4, 0.5) is 0 Å². The molecular weight excluding hydrogens is 1190 g/mol. The van der Waals surface area contributed by atoms with Crippen molar-refractivity contribution in [2.75, 3.05) is 0 Å². The summed E-state index contributed by atoms with van der Waals surface area (Å²) < 4.78 is 11.1. The fraction of sp³-hybridized carbons (Fsp3) is 0.0333. The van der Waals surface area contributed by atoms with Gasteiger partial charge in [-0.25, -0.2) is 0 Å². The summed E-state index contributed by atoms with van der Waals surface area (Å²) in [5, 5.41) is 48.4. The largest absolute Gasteiger partial charge is 0.343 e. The molecule has 0 N–H and O–H groups in total. The van der Waals surface area contributed by atoms with E-state index in [1.54, 1.807) is 0 Å². The van der Waals surface area contributed by atoms with Crippen LogP contribution in [0.1, 0.15) is 16.7 Å². The normalized spacial score (nSPS) is 11.6. The maximum absolute atomic E-state index is 9.62. The molecule has 8 heteroatoms. The van der Waals surface area contributed by atoms with Gasteiger partial charge < -0.3 is 22.8 Å². The molecule has 0 fully saturated rings. The van der Waals surface area contributed by atoms with Gasteiger partial charge in [-0.15, -0.1) is 0 Å². The third-order valence-corrected chi connectivity index (χ3v) is 20.3. The van der Waals surface area contributed by atoms with E-state index in [9.17, 15) is 15.8 Å². The lowest BCUT2D eigenvalue weighted by Crippen LogP contribution is -1.94. The van der Waals surface area contributed by atoms with Crippen LogP contribution in [0.5, 0.6) is 0 Å². The van der Waals surface area contributed by atoms with Crippen LogP contribution in [0.25, 0.3) is 175 Å². The van der Waals surface area contributed by atoms with E-state index in [0.717, 1.165) is 60.6 Å². The first-order valence-corrected chi connectivity index (χ1v) is 32.9. The molecule has 0 bridgehead atoms. The smallest absolute Gasteiger partial charge is 0.101 e. The molecule has 0 aliphatic carbocycles. The van der Waals surface area contributed by atoms with Crippen molar-refractivity contribution in [3.63, 3.8) is 0 Å². The standard InChI is InChI=1S/C32H21N3.C32H20N2.C26H17N3/c1-34-29-16-14-21(19-28(29)26-12-7-8-23(20-33)32(26)34)22-15-17-31-27(18-22)25-11-5-6-13-30(25)35(31)24-9-3-2-4-10-24;1-34-31-16-14-21(18-30(31)28-12-6-7-22(19-33)32(28)34)20-13-15-27-25-10-3-2-8-23(25)24-9-4-5-11-26(24)29(27)17-20;1-28-23-14-13-18(15-22(23)21-10-6-7-17(16-27)26(21)28)29-24-11-4-2-8-19(24)20-9-3-5-12-25(20)29/h2-19H,1H3;2-18H,1H3;2-15H,1H3. The van der Waals surface area contributed by atoms with Crippen molar-refractivity contribution in [3.8, 4) is 51.8 Å². The van der Waals surface area contributed by atoms with E-state index in [-0.39, 0.29) is 0 Å². The third-order valence-electron chi connectivity index (χ3n) is 20.3. The van der Waals surface area contributed by atoms with E-state index in [1.807, 2.05) is 57.5 Å². The van der Waals surface area contributed by atoms with Gasteiger partial charge in [0.05, 0.1) is 55.3 Å². The first-order chi connectivity index (χ1) is 48.3. The highest BCUT2D eigenvalue weighted by molar-refractivity contribution is 6.26. The summed E-state index contributed by atoms with van der Waals surface area (Å²) in [5.74, 6) is 0. The Balaban J connectivity index is 0.000000107. The second-order valence-electron chi connectivity index (χ2n) is 25.4. The molecule has 5 heterocycles. The molecule has 0 saturated heterocycles. The zero-order valence-corrected chi connectivity index (χ0v) is 53.9. The predicted octanol–water partition coefficient (Wildman–Crippen LogP) is 22.6. The molecular formula is C90H58N8. The summed E-state index contributed by atoms with van der Waals surface area (Å²) in [6.45, 7) is 0. The molecule has 98 heavy (non-hydrogen) atoms. The SMILES string of the molecule is Cn1c2ccc(-c3ccc4c(c3)c3ccccc3n4-c3ccccc3)cc2c2cccc(C#N)c21.Cn1c2ccc(-c3ccc4c5ccccc5c5ccccc5c4c3)cc2c2cccc(C#N)c21.Cn1c2ccc(-n3c4ccccc4c4ccccc43)cc2c2cccc(C#N)c21. The van der Waals surface area contributed by atoms with Crippen molar-refractivity contribution in [2.24, 2.45) is 21.1 Å². The Hall–Kier alpha value is -13.5. The van der Waals surface area contributed by atoms with Gasteiger partial charge in [-0.1, -0.05) is 188 Å². The van der Waals surface area contributed by atoms with Gasteiger partial charge in [0.15, 0.2) is 0 Å². The number of fused-ring (bicyclic) bond motifs is 21. The number of aryl methyl sites for hydroxylation is 3. The van der Waals surface area contributed by atoms with Crippen LogP contribution in [0.15, 0.2) is 297 Å². The maximum Gasteiger partial charge on any atom is 0.101 e. The first kappa shape index (κ1) is 57.2. The van der Waals surface area contributed by atoms with E-state index in [0.29, 0.717) is 16.7 Å². The fourth-order valence-electron chi connectivity index (χ4n) is 15.9. The minimum Gasteiger partial charge on any atom is -0.343 e. The molecule has 0 spiro atoms. The Kier molecular flexibility index (Phi) is 13.2. The summed E-state index contributed by atoms with van der Waals surface area (Å²) in [7, 11) is 6.11. The van der Waals surface area contributed by atoms with Crippen molar-refractivity contribution in [1.82, 2.24) is 22.8 Å². The summed E-state index contributed by atoms with van der Waals surface area (Å²) in [6, 6.07) is 112. The van der Waals surface area contributed by atoms with Crippen LogP contribution in [0, 0.1) is 34.0 Å². The summed E-state index contributed by atoms with van der Waals surface area (Å²) in [4.78, 5) is 0. The van der Waals surface area contributed by atoms with E-state index >= 15 is 0 Å². The summed E-state index contributed by atoms with van der Waals surface area (Å²) in [5.41, 5.74) is 20.3. The van der Waals surface area contributed by atoms with E-state index in [2.05, 4.69) is 302 Å². The molecule has 458 valence electrons. The van der Waals surface area contributed by atoms with Crippen molar-refractivity contribution >= 4 is 141 Å². The van der Waals surface area contributed by atoms with Crippen LogP contribution < -0.4 is 0 Å². The molecule has 20 aromatic rings. The van der Waals surface area contributed by atoms with Gasteiger partial charge in [0.25, 0.3) is 0 Å². The Morgan fingerprint density at radius 2 is 0.490 bits per heavy atom. The topological polar surface area (TPSA) is 96.0 Å². The van der Waals surface area contributed by atoms with Crippen LogP contribution in [0.2, 0.25) is 0 Å². The van der Waals surface area contributed by atoms with Crippen LogP contribution in [-0.2, 0) is 21.1 Å². The average Bonchev–Trinajstić information content (AvgIpc) is 1.30. The molecule has 5 aromatic heterocycles. The van der Waals surface area contributed by atoms with Gasteiger partial charge in [-0.2, -0.15) is 15.8 Å². The number of benzene rings is 15. The number of hydrogen-bond donors (Lipinski definition) is 0. The number of nitrogens with zero attached hydrogens (tertiary/aromatic N) is 8. The zero-order chi connectivity index (χ0) is 65.9. The van der Waals surface area contributed by atoms with E-state index < -0.39 is 0 Å². The van der Waals surface area contributed by atoms with Crippen LogP contribution in [0.3, 0.4) is 0 Å². The number of nitriles is 3. The second kappa shape index (κ2) is 22.6. The quantitative estimate of drug-likeness (QED) is 0.164. The van der Waals surface area contributed by atoms with E-state index in [1.165, 1.54) is 114 Å². The van der Waals surface area contributed by atoms with Gasteiger partial charge in [-0.3, -0.25) is 0 Å². The minimum absolute atomic E-state index is 0.706. The number of aromatic nitrogens is 5. The highest BCUT2D eigenvalue weighted by atomic mass is 15.0. The van der Waals surface area contributed by atoms with Gasteiger partial charge in [0.1, 0.15) is 18.2 Å². The molecule has 15 aromatic carbocycles. The third kappa shape index (κ3) is 8.75. The second-order valence-corrected chi connectivity index (χ2v) is 25.4. The predicted molar refractivity (Wildman–Crippen MR) is 407 cm³/mol.